The summed E-state index contributed by atoms with van der Waals surface area (Å²) in [4.78, 5) is 5.80. The molecule has 0 atom stereocenters. The summed E-state index contributed by atoms with van der Waals surface area (Å²) >= 11 is 4.79. The SMILES string of the molecule is Cc1cccc(Cc2sc(NS(=O)(=O)c3c(C)cc(Br)cc3C)nc2C)c1. The van der Waals surface area contributed by atoms with E-state index in [9.17, 15) is 8.42 Å². The van der Waals surface area contributed by atoms with Gasteiger partial charge in [-0.25, -0.2) is 13.4 Å². The molecule has 3 rings (SSSR count). The first-order chi connectivity index (χ1) is 12.7. The molecule has 27 heavy (non-hydrogen) atoms. The van der Waals surface area contributed by atoms with E-state index < -0.39 is 10.0 Å². The summed E-state index contributed by atoms with van der Waals surface area (Å²) in [5.74, 6) is 0. The fourth-order valence-corrected chi connectivity index (χ4v) is 6.50. The van der Waals surface area contributed by atoms with Crippen molar-refractivity contribution in [2.75, 3.05) is 4.72 Å². The van der Waals surface area contributed by atoms with Crippen molar-refractivity contribution in [2.45, 2.75) is 39.0 Å². The van der Waals surface area contributed by atoms with Gasteiger partial charge in [0.2, 0.25) is 0 Å². The zero-order valence-corrected chi connectivity index (χ0v) is 18.8. The Labute approximate surface area is 172 Å². The van der Waals surface area contributed by atoms with Gasteiger partial charge in [0.25, 0.3) is 10.0 Å². The molecule has 1 N–H and O–H groups in total. The molecule has 0 amide bonds. The van der Waals surface area contributed by atoms with Gasteiger partial charge in [0, 0.05) is 15.8 Å². The van der Waals surface area contributed by atoms with E-state index >= 15 is 0 Å². The second kappa shape index (κ2) is 7.73. The molecule has 0 aliphatic heterocycles. The lowest BCUT2D eigenvalue weighted by molar-refractivity contribution is 0.600. The molecule has 0 fully saturated rings. The van der Waals surface area contributed by atoms with Crippen molar-refractivity contribution in [1.82, 2.24) is 4.98 Å². The van der Waals surface area contributed by atoms with Crippen molar-refractivity contribution in [1.29, 1.82) is 0 Å². The normalized spacial score (nSPS) is 11.6. The molecule has 0 spiro atoms. The van der Waals surface area contributed by atoms with E-state index in [1.165, 1.54) is 22.5 Å². The van der Waals surface area contributed by atoms with Gasteiger partial charge in [0.15, 0.2) is 5.13 Å². The number of nitrogens with zero attached hydrogens (tertiary/aromatic N) is 1. The molecule has 2 aromatic carbocycles. The summed E-state index contributed by atoms with van der Waals surface area (Å²) in [5.41, 5.74) is 4.64. The monoisotopic (exact) mass is 464 g/mol. The summed E-state index contributed by atoms with van der Waals surface area (Å²) < 4.78 is 29.4. The first-order valence-electron chi connectivity index (χ1n) is 8.47. The second-order valence-corrected chi connectivity index (χ2v) is 10.3. The van der Waals surface area contributed by atoms with Crippen LogP contribution in [0, 0.1) is 27.7 Å². The third-order valence-corrected chi connectivity index (χ3v) is 7.56. The molecule has 1 aromatic heterocycles. The lowest BCUT2D eigenvalue weighted by atomic mass is 10.1. The van der Waals surface area contributed by atoms with Gasteiger partial charge < -0.3 is 0 Å². The van der Waals surface area contributed by atoms with Crippen LogP contribution in [0.15, 0.2) is 45.8 Å². The van der Waals surface area contributed by atoms with Crippen LogP contribution in [0.4, 0.5) is 5.13 Å². The largest absolute Gasteiger partial charge is 0.264 e. The first kappa shape index (κ1) is 20.0. The Morgan fingerprint density at radius 3 is 2.37 bits per heavy atom. The Hall–Kier alpha value is -1.70. The summed E-state index contributed by atoms with van der Waals surface area (Å²) in [7, 11) is -3.70. The maximum absolute atomic E-state index is 12.9. The predicted octanol–water partition coefficient (Wildman–Crippen LogP) is 5.53. The zero-order chi connectivity index (χ0) is 19.8. The minimum Gasteiger partial charge on any atom is -0.255 e. The predicted molar refractivity (Wildman–Crippen MR) is 115 cm³/mol. The molecule has 1 heterocycles. The van der Waals surface area contributed by atoms with Gasteiger partial charge in [0.05, 0.1) is 10.6 Å². The molecule has 0 unspecified atom stereocenters. The highest BCUT2D eigenvalue weighted by Gasteiger charge is 2.22. The smallest absolute Gasteiger partial charge is 0.255 e. The van der Waals surface area contributed by atoms with Crippen LogP contribution in [0.5, 0.6) is 0 Å². The minimum absolute atomic E-state index is 0.304. The number of hydrogen-bond acceptors (Lipinski definition) is 4. The molecule has 0 saturated carbocycles. The van der Waals surface area contributed by atoms with E-state index in [1.807, 2.05) is 13.0 Å². The second-order valence-electron chi connectivity index (χ2n) is 6.67. The number of benzene rings is 2. The molecular formula is C20H21BrN2O2S2. The Kier molecular flexibility index (Phi) is 5.74. The third-order valence-electron chi connectivity index (χ3n) is 4.26. The molecule has 142 valence electrons. The van der Waals surface area contributed by atoms with Gasteiger partial charge in [-0.2, -0.15) is 0 Å². The van der Waals surface area contributed by atoms with Crippen LogP contribution in [-0.4, -0.2) is 13.4 Å². The number of rotatable bonds is 5. The Balaban J connectivity index is 1.88. The van der Waals surface area contributed by atoms with Crippen LogP contribution in [-0.2, 0) is 16.4 Å². The molecule has 0 radical (unpaired) electrons. The van der Waals surface area contributed by atoms with E-state index in [4.69, 9.17) is 0 Å². The summed E-state index contributed by atoms with van der Waals surface area (Å²) in [5, 5.41) is 0.400. The highest BCUT2D eigenvalue weighted by molar-refractivity contribution is 9.10. The third kappa shape index (κ3) is 4.59. The van der Waals surface area contributed by atoms with Crippen molar-refractivity contribution >= 4 is 42.4 Å². The molecule has 0 bridgehead atoms. The quantitative estimate of drug-likeness (QED) is 0.539. The standard InChI is InChI=1S/C20H21BrN2O2S2/c1-12-6-5-7-16(8-12)11-18-15(4)22-20(26-18)23-27(24,25)19-13(2)9-17(21)10-14(19)3/h5-10H,11H2,1-4H3,(H,22,23). The topological polar surface area (TPSA) is 59.1 Å². The summed E-state index contributed by atoms with van der Waals surface area (Å²) in [6.45, 7) is 7.56. The number of halogens is 1. The van der Waals surface area contributed by atoms with E-state index in [1.54, 1.807) is 26.0 Å². The van der Waals surface area contributed by atoms with Crippen molar-refractivity contribution in [3.05, 3.63) is 73.7 Å². The lowest BCUT2D eigenvalue weighted by Crippen LogP contribution is -2.15. The Bertz CT molecular complexity index is 1080. The molecule has 3 aromatic rings. The van der Waals surface area contributed by atoms with Crippen LogP contribution in [0.1, 0.15) is 32.8 Å². The van der Waals surface area contributed by atoms with E-state index in [2.05, 4.69) is 50.8 Å². The molecule has 7 heteroatoms. The van der Waals surface area contributed by atoms with Crippen LogP contribution in [0.2, 0.25) is 0 Å². The van der Waals surface area contributed by atoms with Crippen LogP contribution >= 0.6 is 27.3 Å². The number of nitrogens with one attached hydrogen (secondary N) is 1. The molecule has 0 aliphatic rings. The van der Waals surface area contributed by atoms with Crippen molar-refractivity contribution < 1.29 is 8.42 Å². The Morgan fingerprint density at radius 2 is 1.74 bits per heavy atom. The maximum Gasteiger partial charge on any atom is 0.264 e. The molecule has 0 saturated heterocycles. The molecule has 0 aliphatic carbocycles. The first-order valence-corrected chi connectivity index (χ1v) is 11.6. The number of anilines is 1. The van der Waals surface area contributed by atoms with Gasteiger partial charge in [-0.3, -0.25) is 4.72 Å². The number of aromatic nitrogens is 1. The van der Waals surface area contributed by atoms with Crippen LogP contribution in [0.3, 0.4) is 0 Å². The van der Waals surface area contributed by atoms with E-state index in [-0.39, 0.29) is 0 Å². The van der Waals surface area contributed by atoms with Crippen molar-refractivity contribution in [3.63, 3.8) is 0 Å². The number of hydrogen-bond donors (Lipinski definition) is 1. The fourth-order valence-electron chi connectivity index (χ4n) is 3.13. The average molecular weight is 465 g/mol. The van der Waals surface area contributed by atoms with Gasteiger partial charge in [-0.05, 0) is 56.5 Å². The van der Waals surface area contributed by atoms with E-state index in [0.29, 0.717) is 21.2 Å². The van der Waals surface area contributed by atoms with Crippen LogP contribution in [0.25, 0.3) is 0 Å². The lowest BCUT2D eigenvalue weighted by Gasteiger charge is -2.11. The summed E-state index contributed by atoms with van der Waals surface area (Å²) in [6.07, 6.45) is 0.739. The van der Waals surface area contributed by atoms with Crippen molar-refractivity contribution in [3.8, 4) is 0 Å². The molecule has 4 nitrogen and oxygen atoms in total. The van der Waals surface area contributed by atoms with Crippen molar-refractivity contribution in [2.24, 2.45) is 0 Å². The van der Waals surface area contributed by atoms with Crippen LogP contribution < -0.4 is 4.72 Å². The highest BCUT2D eigenvalue weighted by Crippen LogP contribution is 2.30. The van der Waals surface area contributed by atoms with Gasteiger partial charge >= 0.3 is 0 Å². The van der Waals surface area contributed by atoms with Gasteiger partial charge in [-0.1, -0.05) is 45.8 Å². The average Bonchev–Trinajstić information content (AvgIpc) is 2.84. The minimum atomic E-state index is -3.70. The number of sulfonamides is 1. The van der Waals surface area contributed by atoms with Gasteiger partial charge in [-0.15, -0.1) is 11.3 Å². The Morgan fingerprint density at radius 1 is 1.07 bits per heavy atom. The highest BCUT2D eigenvalue weighted by atomic mass is 79.9. The molecular weight excluding hydrogens is 444 g/mol. The van der Waals surface area contributed by atoms with E-state index in [0.717, 1.165) is 21.5 Å². The summed E-state index contributed by atoms with van der Waals surface area (Å²) in [6, 6.07) is 11.9. The number of thiazole rings is 1. The maximum atomic E-state index is 12.9. The zero-order valence-electron chi connectivity index (χ0n) is 15.6. The van der Waals surface area contributed by atoms with Gasteiger partial charge in [0.1, 0.15) is 0 Å². The number of aryl methyl sites for hydroxylation is 4. The fraction of sp³-hybridized carbons (Fsp3) is 0.250.